The molecule has 1 atom stereocenters. The van der Waals surface area contributed by atoms with Crippen LogP contribution in [0.5, 0.6) is 11.5 Å². The maximum absolute atomic E-state index is 13.8. The van der Waals surface area contributed by atoms with Gasteiger partial charge in [-0.3, -0.25) is 0 Å². The fourth-order valence-corrected chi connectivity index (χ4v) is 7.14. The molecule has 4 aromatic rings. The van der Waals surface area contributed by atoms with Crippen LogP contribution >= 0.6 is 20.1 Å². The Morgan fingerprint density at radius 1 is 0.730 bits per heavy atom. The normalized spacial score (nSPS) is 17.1. The lowest BCUT2D eigenvalue weighted by Crippen LogP contribution is -2.28. The summed E-state index contributed by atoms with van der Waals surface area (Å²) in [6, 6.07) is 38.9. The number of cyclic esters (lactones) is 1. The van der Waals surface area contributed by atoms with Crippen LogP contribution in [0.2, 0.25) is 0 Å². The second-order valence-electron chi connectivity index (χ2n) is 8.49. The number of rotatable bonds is 10. The van der Waals surface area contributed by atoms with Gasteiger partial charge in [-0.1, -0.05) is 110 Å². The quantitative estimate of drug-likeness (QED) is 0.153. The zero-order valence-electron chi connectivity index (χ0n) is 20.4. The van der Waals surface area contributed by atoms with Crippen LogP contribution in [0.15, 0.2) is 136 Å². The maximum atomic E-state index is 13.8. The van der Waals surface area contributed by atoms with Crippen LogP contribution in [-0.2, 0) is 15.1 Å². The predicted molar refractivity (Wildman–Crippen MR) is 150 cm³/mol. The molecule has 0 saturated carbocycles. The molecule has 0 N–H and O–H groups in total. The number of hydrogen-bond acceptors (Lipinski definition) is 5. The maximum Gasteiger partial charge on any atom is 0.347 e. The number of benzene rings is 4. The molecule has 0 amide bonds. The van der Waals surface area contributed by atoms with Crippen LogP contribution in [0.3, 0.4) is 0 Å². The summed E-state index contributed by atoms with van der Waals surface area (Å²) in [5, 5.41) is 0.439. The van der Waals surface area contributed by atoms with Gasteiger partial charge in [0.25, 0.3) is 0 Å². The van der Waals surface area contributed by atoms with Crippen molar-refractivity contribution in [3.63, 3.8) is 0 Å². The molecule has 5 rings (SSSR count). The average Bonchev–Trinajstić information content (AvgIpc) is 3.22. The van der Waals surface area contributed by atoms with E-state index < -0.39 is 19.9 Å². The standard InChI is InChI=1S/C31H27O4PS/c1-2-23-31(24-15-7-3-8-16-24)29(37-27-21-13-6-14-22-27)28(30(32)33-31)36(34-25-17-9-4-10-18-25)35-26-19-11-5-12-20-26/h3-22H,2,23H2,1H3. The van der Waals surface area contributed by atoms with Crippen molar-refractivity contribution in [1.29, 1.82) is 0 Å². The Morgan fingerprint density at radius 3 is 1.73 bits per heavy atom. The molecule has 0 radical (unpaired) electrons. The van der Waals surface area contributed by atoms with Crippen LogP contribution in [0.4, 0.5) is 0 Å². The molecule has 186 valence electrons. The molecule has 6 heteroatoms. The fraction of sp³-hybridized carbons (Fsp3) is 0.129. The van der Waals surface area contributed by atoms with Gasteiger partial charge in [0, 0.05) is 10.5 Å². The number of para-hydroxylation sites is 2. The minimum absolute atomic E-state index is 0.409. The zero-order valence-corrected chi connectivity index (χ0v) is 22.2. The first-order valence-corrected chi connectivity index (χ1v) is 14.2. The largest absolute Gasteiger partial charge is 0.445 e. The Hall–Kier alpha value is -3.53. The van der Waals surface area contributed by atoms with Gasteiger partial charge in [0.1, 0.15) is 11.5 Å². The molecule has 1 aliphatic heterocycles. The SMILES string of the molecule is CCCC1(c2ccccc2)OC(=O)C(P(Oc2ccccc2)Oc2ccccc2)=C1Sc1ccccc1. The predicted octanol–water partition coefficient (Wildman–Crippen LogP) is 8.71. The van der Waals surface area contributed by atoms with Gasteiger partial charge in [-0.05, 0) is 42.8 Å². The molecule has 1 heterocycles. The molecular weight excluding hydrogens is 499 g/mol. The molecule has 37 heavy (non-hydrogen) atoms. The molecule has 0 aromatic heterocycles. The van der Waals surface area contributed by atoms with E-state index in [1.165, 1.54) is 0 Å². The molecular formula is C31H27O4PS. The van der Waals surface area contributed by atoms with E-state index >= 15 is 0 Å². The van der Waals surface area contributed by atoms with Crippen LogP contribution in [-0.4, -0.2) is 5.97 Å². The topological polar surface area (TPSA) is 44.8 Å². The van der Waals surface area contributed by atoms with Crippen LogP contribution in [0.1, 0.15) is 25.3 Å². The van der Waals surface area contributed by atoms with Crippen molar-refractivity contribution in [1.82, 2.24) is 0 Å². The van der Waals surface area contributed by atoms with Gasteiger partial charge in [-0.2, -0.15) is 0 Å². The molecule has 1 aliphatic rings. The first-order chi connectivity index (χ1) is 18.2. The second-order valence-corrected chi connectivity index (χ2v) is 10.9. The summed E-state index contributed by atoms with van der Waals surface area (Å²) in [5.74, 6) is 0.844. The first kappa shape index (κ1) is 25.1. The lowest BCUT2D eigenvalue weighted by Gasteiger charge is -2.31. The number of hydrogen-bond donors (Lipinski definition) is 0. The monoisotopic (exact) mass is 526 g/mol. The number of ether oxygens (including phenoxy) is 1. The minimum atomic E-state index is -1.86. The van der Waals surface area contributed by atoms with E-state index in [1.54, 1.807) is 11.8 Å². The summed E-state index contributed by atoms with van der Waals surface area (Å²) in [6.07, 6.45) is 1.46. The van der Waals surface area contributed by atoms with Crippen molar-refractivity contribution in [3.8, 4) is 11.5 Å². The summed E-state index contributed by atoms with van der Waals surface area (Å²) < 4.78 is 19.2. The van der Waals surface area contributed by atoms with Gasteiger partial charge in [0.05, 0.1) is 4.91 Å². The Labute approximate surface area is 223 Å². The third kappa shape index (κ3) is 5.58. The van der Waals surface area contributed by atoms with Crippen LogP contribution in [0, 0.1) is 0 Å². The van der Waals surface area contributed by atoms with Gasteiger partial charge in [0.15, 0.2) is 10.9 Å². The number of carbonyl (C=O) groups is 1. The van der Waals surface area contributed by atoms with Crippen LogP contribution < -0.4 is 9.05 Å². The van der Waals surface area contributed by atoms with Crippen molar-refractivity contribution in [2.75, 3.05) is 0 Å². The van der Waals surface area contributed by atoms with Crippen LogP contribution in [0.25, 0.3) is 0 Å². The van der Waals surface area contributed by atoms with E-state index in [1.807, 2.05) is 121 Å². The minimum Gasteiger partial charge on any atom is -0.445 e. The molecule has 1 unspecified atom stereocenters. The second kappa shape index (κ2) is 11.7. The average molecular weight is 527 g/mol. The van der Waals surface area contributed by atoms with E-state index in [0.717, 1.165) is 21.8 Å². The number of carbonyl (C=O) groups excluding carboxylic acids is 1. The molecule has 0 saturated heterocycles. The highest BCUT2D eigenvalue weighted by atomic mass is 32.2. The van der Waals surface area contributed by atoms with Gasteiger partial charge in [-0.15, -0.1) is 0 Å². The number of esters is 1. The zero-order chi connectivity index (χ0) is 25.5. The molecule has 0 fully saturated rings. The molecule has 0 bridgehead atoms. The first-order valence-electron chi connectivity index (χ1n) is 12.2. The summed E-state index contributed by atoms with van der Waals surface area (Å²) >= 11 is 1.54. The highest BCUT2D eigenvalue weighted by Crippen LogP contribution is 2.61. The summed E-state index contributed by atoms with van der Waals surface area (Å²) in [7, 11) is -1.86. The van der Waals surface area contributed by atoms with Crippen molar-refractivity contribution < 1.29 is 18.6 Å². The lowest BCUT2D eigenvalue weighted by molar-refractivity contribution is -0.147. The van der Waals surface area contributed by atoms with E-state index in [0.29, 0.717) is 23.2 Å². The fourth-order valence-electron chi connectivity index (χ4n) is 4.25. The van der Waals surface area contributed by atoms with Crippen molar-refractivity contribution in [2.45, 2.75) is 30.3 Å². The highest BCUT2D eigenvalue weighted by Gasteiger charge is 2.53. The molecule has 4 nitrogen and oxygen atoms in total. The van der Waals surface area contributed by atoms with Gasteiger partial charge in [0.2, 0.25) is 0 Å². The third-order valence-corrected chi connectivity index (χ3v) is 8.81. The van der Waals surface area contributed by atoms with E-state index in [-0.39, 0.29) is 0 Å². The Bertz CT molecular complexity index is 1310. The summed E-state index contributed by atoms with van der Waals surface area (Å²) in [6.45, 7) is 2.10. The molecule has 0 aliphatic carbocycles. The Balaban J connectivity index is 1.69. The van der Waals surface area contributed by atoms with Gasteiger partial charge < -0.3 is 13.8 Å². The van der Waals surface area contributed by atoms with E-state index in [9.17, 15) is 4.79 Å². The van der Waals surface area contributed by atoms with E-state index in [4.69, 9.17) is 13.8 Å². The summed E-state index contributed by atoms with van der Waals surface area (Å²) in [5.41, 5.74) is 0.0110. The molecule has 4 aromatic carbocycles. The van der Waals surface area contributed by atoms with Crippen molar-refractivity contribution in [2.24, 2.45) is 0 Å². The highest BCUT2D eigenvalue weighted by molar-refractivity contribution is 8.03. The van der Waals surface area contributed by atoms with E-state index in [2.05, 4.69) is 6.92 Å². The smallest absolute Gasteiger partial charge is 0.347 e. The van der Waals surface area contributed by atoms with Crippen molar-refractivity contribution >= 4 is 26.1 Å². The summed E-state index contributed by atoms with van der Waals surface area (Å²) in [4.78, 5) is 15.7. The number of thioether (sulfide) groups is 1. The van der Waals surface area contributed by atoms with Gasteiger partial charge in [-0.25, -0.2) is 4.79 Å². The van der Waals surface area contributed by atoms with Crippen molar-refractivity contribution in [3.05, 3.63) is 137 Å². The third-order valence-electron chi connectivity index (χ3n) is 5.89. The lowest BCUT2D eigenvalue weighted by atomic mass is 9.89. The molecule has 0 spiro atoms. The Kier molecular flexibility index (Phi) is 7.93. The van der Waals surface area contributed by atoms with Gasteiger partial charge >= 0.3 is 14.3 Å². The Morgan fingerprint density at radius 2 is 1.22 bits per heavy atom.